The van der Waals surface area contributed by atoms with Crippen molar-refractivity contribution >= 4 is 15.9 Å². The van der Waals surface area contributed by atoms with Gasteiger partial charge in [-0.2, -0.15) is 0 Å². The molecule has 0 amide bonds. The first kappa shape index (κ1) is 16.8. The second-order valence-electron chi connectivity index (χ2n) is 5.55. The van der Waals surface area contributed by atoms with E-state index < -0.39 is 15.1 Å². The van der Waals surface area contributed by atoms with Crippen molar-refractivity contribution in [2.24, 2.45) is 0 Å². The molecule has 3 N–H and O–H groups in total. The Bertz CT molecular complexity index is 819. The summed E-state index contributed by atoms with van der Waals surface area (Å²) in [5, 5.41) is 9.39. The molecule has 0 spiro atoms. The zero-order valence-electron chi connectivity index (χ0n) is 12.2. The van der Waals surface area contributed by atoms with Gasteiger partial charge in [0.25, 0.3) is 0 Å². The molecule has 1 aliphatic rings. The van der Waals surface area contributed by atoms with Crippen molar-refractivity contribution in [2.45, 2.75) is 17.9 Å². The fourth-order valence-electron chi connectivity index (χ4n) is 2.76. The number of hydrogen-bond donors (Lipinski definition) is 2. The number of aliphatic hydroxyl groups is 1. The summed E-state index contributed by atoms with van der Waals surface area (Å²) >= 11 is 0. The van der Waals surface area contributed by atoms with E-state index in [1.54, 1.807) is 0 Å². The van der Waals surface area contributed by atoms with Gasteiger partial charge >= 0.3 is 10.2 Å². The average Bonchev–Trinajstić information content (AvgIpc) is 2.93. The lowest BCUT2D eigenvalue weighted by molar-refractivity contribution is 0.281. The molecule has 0 radical (unpaired) electrons. The highest BCUT2D eigenvalue weighted by molar-refractivity contribution is 8.45. The van der Waals surface area contributed by atoms with Crippen LogP contribution in [0.1, 0.15) is 11.1 Å². The summed E-state index contributed by atoms with van der Waals surface area (Å²) in [5.41, 5.74) is 8.02. The van der Waals surface area contributed by atoms with Crippen LogP contribution in [-0.4, -0.2) is 11.7 Å². The highest BCUT2D eigenvalue weighted by Gasteiger charge is 2.65. The monoisotopic (exact) mass is 367 g/mol. The lowest BCUT2D eigenvalue weighted by Crippen LogP contribution is -2.05. The quantitative estimate of drug-likeness (QED) is 0.592. The molecule has 0 fully saturated rings. The van der Waals surface area contributed by atoms with Gasteiger partial charge in [0.15, 0.2) is 0 Å². The Morgan fingerprint density at radius 2 is 1.71 bits per heavy atom. The van der Waals surface area contributed by atoms with Gasteiger partial charge in [-0.3, -0.25) is 0 Å². The number of benzene rings is 2. The summed E-state index contributed by atoms with van der Waals surface area (Å²) in [6, 6.07) is 4.10. The zero-order valence-corrected chi connectivity index (χ0v) is 13.1. The van der Waals surface area contributed by atoms with Crippen LogP contribution in [0.4, 0.5) is 25.1 Å². The Morgan fingerprint density at radius 1 is 1.08 bits per heavy atom. The van der Waals surface area contributed by atoms with Crippen LogP contribution in [-0.2, 0) is 13.0 Å². The molecule has 0 aromatic heterocycles. The van der Waals surface area contributed by atoms with Crippen molar-refractivity contribution in [3.05, 3.63) is 41.5 Å². The fraction of sp³-hybridized carbons (Fsp3) is 0.200. The molecule has 0 atom stereocenters. The van der Waals surface area contributed by atoms with Crippen molar-refractivity contribution < 1.29 is 29.3 Å². The number of rotatable bonds is 3. The average molecular weight is 367 g/mol. The molecule has 2 aromatic carbocycles. The maximum Gasteiger partial charge on any atom is 0.310 e. The van der Waals surface area contributed by atoms with Crippen LogP contribution in [0.2, 0.25) is 0 Å². The van der Waals surface area contributed by atoms with Crippen LogP contribution in [0.15, 0.2) is 35.2 Å². The lowest BCUT2D eigenvalue weighted by atomic mass is 9.95. The predicted octanol–water partition coefficient (Wildman–Crippen LogP) is 5.02. The van der Waals surface area contributed by atoms with E-state index in [0.717, 1.165) is 12.1 Å². The Labute approximate surface area is 134 Å². The van der Waals surface area contributed by atoms with Crippen molar-refractivity contribution in [3.63, 3.8) is 0 Å². The van der Waals surface area contributed by atoms with E-state index >= 15 is 0 Å². The molecule has 2 aromatic rings. The molecule has 0 saturated heterocycles. The summed E-state index contributed by atoms with van der Waals surface area (Å²) in [6.07, 6.45) is 0.507. The smallest absolute Gasteiger partial charge is 0.310 e. The van der Waals surface area contributed by atoms with E-state index in [0.29, 0.717) is 47.6 Å². The number of nitrogens with two attached hydrogens (primary N) is 1. The molecule has 0 saturated carbocycles. The predicted molar refractivity (Wildman–Crippen MR) is 82.8 cm³/mol. The van der Waals surface area contributed by atoms with Crippen LogP contribution in [0.5, 0.6) is 5.75 Å². The van der Waals surface area contributed by atoms with Crippen molar-refractivity contribution in [1.29, 1.82) is 0 Å². The van der Waals surface area contributed by atoms with Crippen LogP contribution in [0, 0.1) is 0 Å². The van der Waals surface area contributed by atoms with Gasteiger partial charge in [-0.25, -0.2) is 0 Å². The summed E-state index contributed by atoms with van der Waals surface area (Å²) in [6.45, 7) is 0.0588. The highest BCUT2D eigenvalue weighted by Crippen LogP contribution is 3.02. The van der Waals surface area contributed by atoms with E-state index in [9.17, 15) is 24.5 Å². The lowest BCUT2D eigenvalue weighted by Gasteiger charge is -2.40. The van der Waals surface area contributed by atoms with Gasteiger partial charge in [-0.1, -0.05) is 31.6 Å². The van der Waals surface area contributed by atoms with Crippen molar-refractivity contribution in [2.75, 3.05) is 12.3 Å². The van der Waals surface area contributed by atoms with Crippen LogP contribution in [0.25, 0.3) is 11.1 Å². The molecule has 132 valence electrons. The Kier molecular flexibility index (Phi) is 3.19. The summed E-state index contributed by atoms with van der Waals surface area (Å²) in [4.78, 5) is -1.95. The third-order valence-electron chi connectivity index (χ3n) is 3.90. The first-order chi connectivity index (χ1) is 10.9. The largest absolute Gasteiger partial charge is 0.492 e. The normalized spacial score (nSPS) is 16.9. The molecule has 1 aliphatic heterocycles. The topological polar surface area (TPSA) is 55.5 Å². The number of aliphatic hydroxyl groups excluding tert-OH is 1. The van der Waals surface area contributed by atoms with Gasteiger partial charge < -0.3 is 15.6 Å². The second-order valence-corrected chi connectivity index (χ2v) is 7.96. The zero-order chi connectivity index (χ0) is 17.8. The molecule has 0 unspecified atom stereocenters. The van der Waals surface area contributed by atoms with Crippen LogP contribution < -0.4 is 10.5 Å². The number of nitrogen functional groups attached to an aromatic ring is 1. The molecular weight excluding hydrogens is 353 g/mol. The third-order valence-corrected chi connectivity index (χ3v) is 5.06. The summed E-state index contributed by atoms with van der Waals surface area (Å²) in [7, 11) is -9.70. The standard InChI is InChI=1S/C15H14F5NO2S/c16-24(17,18,19,20)10-3-1-9(2-4-10)12-7-14(21)13(8-22)11-5-6-23-15(11)12/h1-4,7,22H,5-6,8,21H2. The molecule has 9 heteroatoms. The number of halogens is 5. The Hall–Kier alpha value is -2.00. The maximum absolute atomic E-state index is 12.8. The fourth-order valence-corrected chi connectivity index (χ4v) is 3.41. The van der Waals surface area contributed by atoms with Gasteiger partial charge in [-0.05, 0) is 23.8 Å². The van der Waals surface area contributed by atoms with Gasteiger partial charge in [0, 0.05) is 28.8 Å². The van der Waals surface area contributed by atoms with E-state index in [-0.39, 0.29) is 17.9 Å². The first-order valence-electron chi connectivity index (χ1n) is 6.93. The Balaban J connectivity index is 2.12. The Morgan fingerprint density at radius 3 is 2.25 bits per heavy atom. The third kappa shape index (κ3) is 2.89. The first-order valence-corrected chi connectivity index (χ1v) is 8.88. The molecule has 0 bridgehead atoms. The summed E-state index contributed by atoms with van der Waals surface area (Å²) in [5.74, 6) is 0.411. The summed E-state index contributed by atoms with van der Waals surface area (Å²) < 4.78 is 69.4. The van der Waals surface area contributed by atoms with Crippen LogP contribution in [0.3, 0.4) is 0 Å². The van der Waals surface area contributed by atoms with E-state index in [2.05, 4.69) is 0 Å². The SMILES string of the molecule is Nc1cc(-c2ccc(S(F)(F)(F)(F)F)cc2)c2c(c1CO)CCO2. The van der Waals surface area contributed by atoms with Crippen molar-refractivity contribution in [1.82, 2.24) is 0 Å². The van der Waals surface area contributed by atoms with E-state index in [1.807, 2.05) is 0 Å². The van der Waals surface area contributed by atoms with Gasteiger partial charge in [0.2, 0.25) is 0 Å². The minimum Gasteiger partial charge on any atom is -0.492 e. The molecule has 3 rings (SSSR count). The van der Waals surface area contributed by atoms with Gasteiger partial charge in [0.05, 0.1) is 13.2 Å². The molecule has 0 aliphatic carbocycles. The number of anilines is 1. The molecular formula is C15H14F5NO2S. The number of hydrogen-bond acceptors (Lipinski definition) is 3. The highest BCUT2D eigenvalue weighted by atomic mass is 32.5. The number of fused-ring (bicyclic) bond motifs is 1. The molecule has 24 heavy (non-hydrogen) atoms. The number of ether oxygens (including phenoxy) is 1. The van der Waals surface area contributed by atoms with Crippen molar-refractivity contribution in [3.8, 4) is 16.9 Å². The van der Waals surface area contributed by atoms with Crippen LogP contribution >= 0.6 is 10.2 Å². The molecule has 1 heterocycles. The van der Waals surface area contributed by atoms with E-state index in [1.165, 1.54) is 6.07 Å². The second kappa shape index (κ2) is 4.54. The minimum absolute atomic E-state index is 0.272. The minimum atomic E-state index is -9.70. The van der Waals surface area contributed by atoms with Gasteiger partial charge in [0.1, 0.15) is 10.6 Å². The van der Waals surface area contributed by atoms with E-state index in [4.69, 9.17) is 10.5 Å². The maximum atomic E-state index is 12.8. The molecule has 3 nitrogen and oxygen atoms in total. The van der Waals surface area contributed by atoms with Gasteiger partial charge in [-0.15, -0.1) is 0 Å².